The Morgan fingerprint density at radius 3 is 1.60 bits per heavy atom. The summed E-state index contributed by atoms with van der Waals surface area (Å²) in [5.74, 6) is -8.69. The van der Waals surface area contributed by atoms with Crippen LogP contribution < -0.4 is 0 Å². The van der Waals surface area contributed by atoms with E-state index in [2.05, 4.69) is 0 Å². The lowest BCUT2D eigenvalue weighted by atomic mass is 9.71. The first-order valence-electron chi connectivity index (χ1n) is 14.0. The van der Waals surface area contributed by atoms with Crippen molar-refractivity contribution in [3.05, 3.63) is 84.0 Å². The molecule has 0 saturated heterocycles. The summed E-state index contributed by atoms with van der Waals surface area (Å²) in [7, 11) is 0. The van der Waals surface area contributed by atoms with E-state index >= 15 is 0 Å². The van der Waals surface area contributed by atoms with Gasteiger partial charge in [-0.3, -0.25) is 9.59 Å². The number of phenolic OH excluding ortho intramolecular Hbond substituents is 4. The quantitative estimate of drug-likeness (QED) is 0.110. The van der Waals surface area contributed by atoms with Gasteiger partial charge in [0.05, 0.1) is 5.92 Å². The molecule has 2 aromatic carbocycles. The summed E-state index contributed by atoms with van der Waals surface area (Å²) in [5.41, 5.74) is -4.09. The number of ether oxygens (including phenoxy) is 2. The molecule has 14 nitrogen and oxygen atoms in total. The standard InChI is InChI=1S/C33H30O14/c34-20-9-11-32(44,12-10-20)15-25(39)30-26(46-28(40)7-3-18-1-5-21(35)23(37)13-18)16-33(45,31(42)43)17-27(30)47-29(41)8-4-19-2-6-22(36)24(38)14-19/h1-14,26-27,30,35-38,44-45H,15-17H2,(H,42,43)/b7-3+,8-4+/t26-,27-,30?,33?/m1/s1. The first kappa shape index (κ1) is 34.1. The van der Waals surface area contributed by atoms with E-state index in [0.717, 1.165) is 60.7 Å². The third kappa shape index (κ3) is 8.51. The van der Waals surface area contributed by atoms with Crippen molar-refractivity contribution >= 4 is 41.6 Å². The molecule has 14 heteroatoms. The van der Waals surface area contributed by atoms with Crippen molar-refractivity contribution in [3.8, 4) is 23.0 Å². The van der Waals surface area contributed by atoms with Crippen LogP contribution in [-0.2, 0) is 33.4 Å². The van der Waals surface area contributed by atoms with E-state index in [4.69, 9.17) is 9.47 Å². The summed E-state index contributed by atoms with van der Waals surface area (Å²) in [4.78, 5) is 63.2. The summed E-state index contributed by atoms with van der Waals surface area (Å²) in [6.07, 6.45) is 2.58. The summed E-state index contributed by atoms with van der Waals surface area (Å²) in [6, 6.07) is 7.30. The SMILES string of the molecule is O=C1C=CC(O)(CC(=O)C2[C@H](OC(=O)/C=C/c3ccc(O)c(O)c3)CC(O)(C(=O)O)C[C@H]2OC(=O)/C=C/c2ccc(O)c(O)c2)C=C1. The number of hydrogen-bond acceptors (Lipinski definition) is 13. The molecule has 0 bridgehead atoms. The number of carboxylic acids is 1. The van der Waals surface area contributed by atoms with Crippen LogP contribution >= 0.6 is 0 Å². The maximum atomic E-state index is 13.8. The highest BCUT2D eigenvalue weighted by molar-refractivity contribution is 6.01. The number of hydrogen-bond donors (Lipinski definition) is 7. The van der Waals surface area contributed by atoms with Gasteiger partial charge < -0.3 is 45.2 Å². The maximum absolute atomic E-state index is 13.8. The van der Waals surface area contributed by atoms with Gasteiger partial charge >= 0.3 is 17.9 Å². The molecule has 2 aliphatic rings. The van der Waals surface area contributed by atoms with Crippen molar-refractivity contribution in [2.75, 3.05) is 0 Å². The van der Waals surface area contributed by atoms with Gasteiger partial charge in [0.1, 0.15) is 23.6 Å². The van der Waals surface area contributed by atoms with Crippen molar-refractivity contribution in [1.29, 1.82) is 0 Å². The minimum atomic E-state index is -2.64. The molecule has 1 saturated carbocycles. The number of benzene rings is 2. The fourth-order valence-corrected chi connectivity index (χ4v) is 5.13. The van der Waals surface area contributed by atoms with Gasteiger partial charge in [-0.1, -0.05) is 12.1 Å². The molecule has 1 fully saturated rings. The van der Waals surface area contributed by atoms with Crippen LogP contribution in [0, 0.1) is 5.92 Å². The van der Waals surface area contributed by atoms with Crippen LogP contribution in [0.15, 0.2) is 72.9 Å². The molecule has 2 atom stereocenters. The third-order valence-electron chi connectivity index (χ3n) is 7.54. The van der Waals surface area contributed by atoms with E-state index in [-0.39, 0.29) is 11.1 Å². The Kier molecular flexibility index (Phi) is 9.97. The molecule has 0 unspecified atom stereocenters. The van der Waals surface area contributed by atoms with Gasteiger partial charge in [0.15, 0.2) is 34.4 Å². The molecule has 7 N–H and O–H groups in total. The Morgan fingerprint density at radius 2 is 1.19 bits per heavy atom. The number of Topliss-reactive ketones (excluding diaryl/α,β-unsaturated/α-hetero) is 1. The highest BCUT2D eigenvalue weighted by atomic mass is 16.6. The number of rotatable bonds is 10. The smallest absolute Gasteiger partial charge is 0.335 e. The zero-order chi connectivity index (χ0) is 34.5. The Morgan fingerprint density at radius 1 is 0.745 bits per heavy atom. The second-order valence-corrected chi connectivity index (χ2v) is 11.1. The molecular formula is C33H30O14. The van der Waals surface area contributed by atoms with Crippen LogP contribution in [0.1, 0.15) is 30.4 Å². The summed E-state index contributed by atoms with van der Waals surface area (Å²) >= 11 is 0. The summed E-state index contributed by atoms with van der Waals surface area (Å²) < 4.78 is 10.9. The van der Waals surface area contributed by atoms with Gasteiger partial charge in [-0.05, 0) is 71.8 Å². The number of aliphatic hydroxyl groups is 2. The molecule has 246 valence electrons. The fourth-order valence-electron chi connectivity index (χ4n) is 5.13. The van der Waals surface area contributed by atoms with Gasteiger partial charge in [0, 0.05) is 31.4 Å². The van der Waals surface area contributed by atoms with Gasteiger partial charge in [-0.25, -0.2) is 14.4 Å². The second kappa shape index (κ2) is 13.7. The van der Waals surface area contributed by atoms with Gasteiger partial charge in [-0.15, -0.1) is 0 Å². The third-order valence-corrected chi connectivity index (χ3v) is 7.54. The molecular weight excluding hydrogens is 620 g/mol. The predicted octanol–water partition coefficient (Wildman–Crippen LogP) is 1.67. The number of ketones is 2. The molecule has 0 aromatic heterocycles. The largest absolute Gasteiger partial charge is 0.504 e. The number of phenols is 4. The van der Waals surface area contributed by atoms with Crippen molar-refractivity contribution in [1.82, 2.24) is 0 Å². The van der Waals surface area contributed by atoms with Crippen molar-refractivity contribution < 1.29 is 69.2 Å². The maximum Gasteiger partial charge on any atom is 0.335 e. The highest BCUT2D eigenvalue weighted by Crippen LogP contribution is 2.39. The van der Waals surface area contributed by atoms with Crippen molar-refractivity contribution in [3.63, 3.8) is 0 Å². The lowest BCUT2D eigenvalue weighted by molar-refractivity contribution is -0.194. The van der Waals surface area contributed by atoms with E-state index in [1.54, 1.807) is 0 Å². The molecule has 0 aliphatic heterocycles. The van der Waals surface area contributed by atoms with Crippen LogP contribution in [0.3, 0.4) is 0 Å². The van der Waals surface area contributed by atoms with Gasteiger partial charge in [-0.2, -0.15) is 0 Å². The number of carbonyl (C=O) groups is 5. The first-order chi connectivity index (χ1) is 22.1. The Labute approximate surface area is 266 Å². The molecule has 0 radical (unpaired) electrons. The number of aromatic hydroxyl groups is 4. The Balaban J connectivity index is 1.65. The number of carbonyl (C=O) groups excluding carboxylic acids is 4. The van der Waals surface area contributed by atoms with E-state index in [0.29, 0.717) is 0 Å². The lowest BCUT2D eigenvalue weighted by Crippen LogP contribution is -2.58. The number of carboxylic acid groups (broad SMARTS) is 1. The van der Waals surface area contributed by atoms with Crippen LogP contribution in [0.2, 0.25) is 0 Å². The Bertz CT molecular complexity index is 1610. The predicted molar refractivity (Wildman–Crippen MR) is 161 cm³/mol. The van der Waals surface area contributed by atoms with Crippen LogP contribution in [0.5, 0.6) is 23.0 Å². The van der Waals surface area contributed by atoms with Crippen molar-refractivity contribution in [2.45, 2.75) is 42.7 Å². The lowest BCUT2D eigenvalue weighted by Gasteiger charge is -2.42. The summed E-state index contributed by atoms with van der Waals surface area (Å²) in [5, 5.41) is 70.1. The van der Waals surface area contributed by atoms with E-state index < -0.39 is 101 Å². The molecule has 2 aromatic rings. The van der Waals surface area contributed by atoms with Crippen LogP contribution in [-0.4, -0.2) is 88.6 Å². The fraction of sp³-hybridized carbons (Fsp3) is 0.242. The molecule has 2 aliphatic carbocycles. The number of allylic oxidation sites excluding steroid dienone is 2. The van der Waals surface area contributed by atoms with E-state index in [1.807, 2.05) is 0 Å². The highest BCUT2D eigenvalue weighted by Gasteiger charge is 2.55. The molecule has 0 amide bonds. The van der Waals surface area contributed by atoms with Crippen LogP contribution in [0.25, 0.3) is 12.2 Å². The second-order valence-electron chi connectivity index (χ2n) is 11.1. The summed E-state index contributed by atoms with van der Waals surface area (Å²) in [6.45, 7) is 0. The average Bonchev–Trinajstić information content (AvgIpc) is 2.99. The molecule has 0 heterocycles. The number of aliphatic carboxylic acids is 1. The minimum absolute atomic E-state index is 0.253. The monoisotopic (exact) mass is 650 g/mol. The topological polar surface area (TPSA) is 245 Å². The zero-order valence-corrected chi connectivity index (χ0v) is 24.4. The van der Waals surface area contributed by atoms with E-state index in [1.165, 1.54) is 24.3 Å². The van der Waals surface area contributed by atoms with E-state index in [9.17, 15) is 59.7 Å². The number of esters is 2. The average molecular weight is 651 g/mol. The Hall–Kier alpha value is -5.73. The molecule has 4 rings (SSSR count). The van der Waals surface area contributed by atoms with Crippen LogP contribution in [0.4, 0.5) is 0 Å². The zero-order valence-electron chi connectivity index (χ0n) is 24.4. The molecule has 0 spiro atoms. The minimum Gasteiger partial charge on any atom is -0.504 e. The van der Waals surface area contributed by atoms with Gasteiger partial charge in [0.25, 0.3) is 0 Å². The normalized spacial score (nSPS) is 23.5. The van der Waals surface area contributed by atoms with Gasteiger partial charge in [0.2, 0.25) is 0 Å². The molecule has 47 heavy (non-hydrogen) atoms. The first-order valence-corrected chi connectivity index (χ1v) is 14.0. The van der Waals surface area contributed by atoms with Crippen molar-refractivity contribution in [2.24, 2.45) is 5.92 Å².